The maximum atomic E-state index is 13.1. The molecular formula is C21H19FN6O5S. The number of anilines is 1. The van der Waals surface area contributed by atoms with E-state index >= 15 is 0 Å². The number of nitrogens with one attached hydrogen (secondary N) is 2. The van der Waals surface area contributed by atoms with Crippen molar-refractivity contribution in [3.8, 4) is 23.3 Å². The molecule has 2 aromatic carbocycles. The average molecular weight is 486 g/mol. The fraction of sp³-hybridized carbons (Fsp3) is 0.333. The number of rotatable bonds is 5. The molecule has 2 saturated heterocycles. The molecule has 0 saturated carbocycles. The topological polar surface area (TPSA) is 114 Å². The van der Waals surface area contributed by atoms with Crippen LogP contribution in [0, 0.1) is 5.82 Å². The van der Waals surface area contributed by atoms with E-state index in [1.807, 2.05) is 0 Å². The Kier molecular flexibility index (Phi) is 5.36. The van der Waals surface area contributed by atoms with Gasteiger partial charge in [0.2, 0.25) is 6.79 Å². The molecule has 4 atom stereocenters. The molecule has 1 aromatic heterocycles. The molecule has 34 heavy (non-hydrogen) atoms. The van der Waals surface area contributed by atoms with Gasteiger partial charge in [-0.3, -0.25) is 0 Å². The second-order valence-corrected chi connectivity index (χ2v) is 8.31. The van der Waals surface area contributed by atoms with Gasteiger partial charge in [0.1, 0.15) is 29.8 Å². The molecule has 0 radical (unpaired) electrons. The minimum Gasteiger partial charge on any atom is -0.454 e. The van der Waals surface area contributed by atoms with E-state index in [1.165, 1.54) is 12.1 Å². The van der Waals surface area contributed by atoms with Gasteiger partial charge in [-0.25, -0.2) is 4.39 Å². The fourth-order valence-electron chi connectivity index (χ4n) is 4.19. The predicted molar refractivity (Wildman–Crippen MR) is 119 cm³/mol. The van der Waals surface area contributed by atoms with Crippen LogP contribution in [0.25, 0.3) is 0 Å². The normalized spacial score (nSPS) is 24.6. The number of thiocarbonyl (C=S) groups is 1. The van der Waals surface area contributed by atoms with Gasteiger partial charge in [-0.1, -0.05) is 5.10 Å². The Morgan fingerprint density at radius 1 is 1.06 bits per heavy atom. The van der Waals surface area contributed by atoms with Crippen molar-refractivity contribution >= 4 is 23.0 Å². The molecule has 3 aliphatic heterocycles. The Hall–Kier alpha value is -3.55. The largest absolute Gasteiger partial charge is 0.454 e. The van der Waals surface area contributed by atoms with Crippen LogP contribution in [-0.4, -0.2) is 63.6 Å². The number of halogens is 1. The highest BCUT2D eigenvalue weighted by Crippen LogP contribution is 2.38. The van der Waals surface area contributed by atoms with Crippen molar-refractivity contribution in [1.82, 2.24) is 25.5 Å². The highest BCUT2D eigenvalue weighted by molar-refractivity contribution is 7.80. The van der Waals surface area contributed by atoms with Crippen molar-refractivity contribution in [1.29, 1.82) is 0 Å². The minimum absolute atomic E-state index is 0.175. The van der Waals surface area contributed by atoms with E-state index in [9.17, 15) is 4.39 Å². The molecular weight excluding hydrogens is 467 g/mol. The van der Waals surface area contributed by atoms with Gasteiger partial charge in [-0.15, -0.1) is 0 Å². The standard InChI is InChI=1S/C21H19FN6O5S/c22-11-1-3-12(4-2-11)23-20(34)24-14-8-29-19-15(9-30-18(14)19)28-21(25-26-27-28)33-13-5-6-16-17(7-13)32-10-31-16/h1-7,14-15,18-19H,8-10H2,(H2,23,24,34)/t14-,15+,18-,19+/m1/s1. The van der Waals surface area contributed by atoms with Gasteiger partial charge in [-0.2, -0.15) is 4.68 Å². The molecule has 6 rings (SSSR count). The van der Waals surface area contributed by atoms with Crippen molar-refractivity contribution in [3.63, 3.8) is 0 Å². The van der Waals surface area contributed by atoms with E-state index in [4.69, 9.17) is 35.9 Å². The Morgan fingerprint density at radius 2 is 1.88 bits per heavy atom. The first-order valence-electron chi connectivity index (χ1n) is 10.6. The summed E-state index contributed by atoms with van der Waals surface area (Å²) in [7, 11) is 0. The maximum Gasteiger partial charge on any atom is 0.341 e. The SMILES string of the molecule is Fc1ccc(NC(=S)N[C@@H]2CO[C@@H]3[C@@H]2OC[C@@H]3n2nnnc2Oc2ccc3c(c2)OCO3)cc1. The van der Waals surface area contributed by atoms with E-state index in [2.05, 4.69) is 26.2 Å². The molecule has 13 heteroatoms. The maximum absolute atomic E-state index is 13.1. The van der Waals surface area contributed by atoms with Crippen LogP contribution in [0.3, 0.4) is 0 Å². The third-order valence-corrected chi connectivity index (χ3v) is 6.00. The summed E-state index contributed by atoms with van der Waals surface area (Å²) in [5, 5.41) is 18.5. The van der Waals surface area contributed by atoms with Crippen LogP contribution in [0.2, 0.25) is 0 Å². The summed E-state index contributed by atoms with van der Waals surface area (Å²) in [6.45, 7) is 0.903. The first-order chi connectivity index (χ1) is 16.6. The molecule has 4 heterocycles. The van der Waals surface area contributed by atoms with Gasteiger partial charge >= 0.3 is 6.01 Å². The monoisotopic (exact) mass is 486 g/mol. The quantitative estimate of drug-likeness (QED) is 0.517. The van der Waals surface area contributed by atoms with Gasteiger partial charge in [0.25, 0.3) is 0 Å². The molecule has 0 bridgehead atoms. The zero-order chi connectivity index (χ0) is 23.1. The first-order valence-corrected chi connectivity index (χ1v) is 11.0. The Labute approximate surface area is 198 Å². The van der Waals surface area contributed by atoms with Crippen LogP contribution >= 0.6 is 12.2 Å². The minimum atomic E-state index is -0.314. The number of aromatic nitrogens is 4. The van der Waals surface area contributed by atoms with Gasteiger partial charge in [0, 0.05) is 11.8 Å². The summed E-state index contributed by atoms with van der Waals surface area (Å²) in [5.74, 6) is 1.45. The third kappa shape index (κ3) is 3.97. The van der Waals surface area contributed by atoms with Crippen molar-refractivity contribution < 1.29 is 28.1 Å². The van der Waals surface area contributed by atoms with Crippen LogP contribution in [-0.2, 0) is 9.47 Å². The van der Waals surface area contributed by atoms with Gasteiger partial charge in [0.15, 0.2) is 16.6 Å². The number of nitrogens with zero attached hydrogens (tertiary/aromatic N) is 4. The average Bonchev–Trinajstić information content (AvgIpc) is 3.61. The molecule has 0 aliphatic carbocycles. The summed E-state index contributed by atoms with van der Waals surface area (Å²) >= 11 is 5.40. The number of tetrazole rings is 1. The number of benzene rings is 2. The first kappa shape index (κ1) is 21.0. The van der Waals surface area contributed by atoms with Crippen LogP contribution < -0.4 is 24.8 Å². The molecule has 2 fully saturated rings. The number of hydrogen-bond acceptors (Lipinski definition) is 9. The lowest BCUT2D eigenvalue weighted by molar-refractivity contribution is 0.0615. The second kappa shape index (κ2) is 8.66. The molecule has 3 aliphatic rings. The van der Waals surface area contributed by atoms with E-state index in [1.54, 1.807) is 35.0 Å². The number of hydrogen-bond donors (Lipinski definition) is 2. The van der Waals surface area contributed by atoms with Crippen molar-refractivity contribution in [3.05, 3.63) is 48.3 Å². The second-order valence-electron chi connectivity index (χ2n) is 7.90. The summed E-state index contributed by atoms with van der Waals surface area (Å²) < 4.78 is 43.3. The number of fused-ring (bicyclic) bond motifs is 2. The van der Waals surface area contributed by atoms with E-state index in [0.29, 0.717) is 41.3 Å². The fourth-order valence-corrected chi connectivity index (χ4v) is 4.46. The molecule has 0 amide bonds. The Balaban J connectivity index is 1.11. The lowest BCUT2D eigenvalue weighted by Gasteiger charge is -2.20. The lowest BCUT2D eigenvalue weighted by Crippen LogP contribution is -2.45. The summed E-state index contributed by atoms with van der Waals surface area (Å²) in [5.41, 5.74) is 0.679. The summed E-state index contributed by atoms with van der Waals surface area (Å²) in [4.78, 5) is 0. The van der Waals surface area contributed by atoms with Gasteiger partial charge in [-0.05, 0) is 59.0 Å². The van der Waals surface area contributed by atoms with Crippen LogP contribution in [0.15, 0.2) is 42.5 Å². The highest BCUT2D eigenvalue weighted by atomic mass is 32.1. The summed E-state index contributed by atoms with van der Waals surface area (Å²) in [6.07, 6.45) is -0.561. The summed E-state index contributed by atoms with van der Waals surface area (Å²) in [6, 6.07) is 10.9. The smallest absolute Gasteiger partial charge is 0.341 e. The van der Waals surface area contributed by atoms with Crippen LogP contribution in [0.1, 0.15) is 6.04 Å². The predicted octanol–water partition coefficient (Wildman–Crippen LogP) is 2.03. The van der Waals surface area contributed by atoms with Crippen LogP contribution in [0.5, 0.6) is 23.3 Å². The molecule has 11 nitrogen and oxygen atoms in total. The Bertz CT molecular complexity index is 1210. The van der Waals surface area contributed by atoms with Crippen molar-refractivity contribution in [2.45, 2.75) is 24.3 Å². The van der Waals surface area contributed by atoms with Crippen molar-refractivity contribution in [2.24, 2.45) is 0 Å². The zero-order valence-electron chi connectivity index (χ0n) is 17.6. The Morgan fingerprint density at radius 3 is 2.76 bits per heavy atom. The van der Waals surface area contributed by atoms with E-state index in [-0.39, 0.29) is 42.9 Å². The zero-order valence-corrected chi connectivity index (χ0v) is 18.4. The molecule has 0 unspecified atom stereocenters. The van der Waals surface area contributed by atoms with E-state index < -0.39 is 0 Å². The van der Waals surface area contributed by atoms with Gasteiger partial charge in [0.05, 0.1) is 19.3 Å². The van der Waals surface area contributed by atoms with Gasteiger partial charge < -0.3 is 34.3 Å². The molecule has 2 N–H and O–H groups in total. The highest BCUT2D eigenvalue weighted by Gasteiger charge is 2.50. The van der Waals surface area contributed by atoms with Crippen LogP contribution in [0.4, 0.5) is 10.1 Å². The lowest BCUT2D eigenvalue weighted by atomic mass is 10.1. The van der Waals surface area contributed by atoms with Crippen molar-refractivity contribution in [2.75, 3.05) is 25.3 Å². The van der Waals surface area contributed by atoms with E-state index in [0.717, 1.165) is 0 Å². The molecule has 0 spiro atoms. The third-order valence-electron chi connectivity index (χ3n) is 5.78. The molecule has 176 valence electrons. The molecule has 3 aromatic rings. The number of ether oxygens (including phenoxy) is 5.